The molecular weight excluding hydrogens is 439 g/mol. The number of fused-ring (bicyclic) bond motifs is 2. The van der Waals surface area contributed by atoms with Crippen LogP contribution >= 0.6 is 12.4 Å². The number of anilines is 1. The number of nitrogens with zero attached hydrogens (tertiary/aromatic N) is 6. The highest BCUT2D eigenvalue weighted by Gasteiger charge is 2.40. The lowest BCUT2D eigenvalue weighted by Crippen LogP contribution is -2.41. The maximum absolute atomic E-state index is 13.7. The summed E-state index contributed by atoms with van der Waals surface area (Å²) >= 11 is 0. The van der Waals surface area contributed by atoms with Gasteiger partial charge in [0.1, 0.15) is 11.3 Å². The molecule has 0 amide bonds. The van der Waals surface area contributed by atoms with E-state index in [0.29, 0.717) is 0 Å². The highest BCUT2D eigenvalue weighted by Crippen LogP contribution is 2.45. The van der Waals surface area contributed by atoms with Gasteiger partial charge in [0.05, 0.1) is 23.8 Å². The molecule has 0 radical (unpaired) electrons. The van der Waals surface area contributed by atoms with Crippen LogP contribution in [0.1, 0.15) is 35.4 Å². The maximum atomic E-state index is 13.7. The lowest BCUT2D eigenvalue weighted by atomic mass is 9.76. The summed E-state index contributed by atoms with van der Waals surface area (Å²) < 4.78 is 17.6. The van der Waals surface area contributed by atoms with Gasteiger partial charge in [-0.3, -0.25) is 4.68 Å². The number of aromatic nitrogens is 5. The number of rotatable bonds is 2. The fourth-order valence-electron chi connectivity index (χ4n) is 5.69. The number of hydrogen-bond donors (Lipinski definition) is 0. The van der Waals surface area contributed by atoms with E-state index in [-0.39, 0.29) is 23.6 Å². The molecule has 2 aliphatic rings. The Balaban J connectivity index is 0.00000228. The number of piperidine rings is 1. The average Bonchev–Trinajstić information content (AvgIpc) is 3.47. The summed E-state index contributed by atoms with van der Waals surface area (Å²) in [5.74, 6) is 0.881. The van der Waals surface area contributed by atoms with E-state index in [4.69, 9.17) is 4.98 Å². The second-order valence-corrected chi connectivity index (χ2v) is 9.52. The molecule has 1 aromatic carbocycles. The molecule has 0 atom stereocenters. The number of halogens is 2. The average molecular weight is 467 g/mol. The van der Waals surface area contributed by atoms with Crippen molar-refractivity contribution in [1.29, 1.82) is 0 Å². The molecule has 8 heteroatoms. The van der Waals surface area contributed by atoms with Crippen LogP contribution in [-0.2, 0) is 19.9 Å². The zero-order valence-electron chi connectivity index (χ0n) is 19.2. The summed E-state index contributed by atoms with van der Waals surface area (Å²) in [7, 11) is 1.95. The van der Waals surface area contributed by atoms with Crippen LogP contribution in [0.15, 0.2) is 36.7 Å². The van der Waals surface area contributed by atoms with Crippen molar-refractivity contribution in [2.75, 3.05) is 18.0 Å². The molecule has 1 saturated heterocycles. The largest absolute Gasteiger partial charge is 0.355 e. The molecule has 1 aliphatic carbocycles. The Morgan fingerprint density at radius 2 is 1.76 bits per heavy atom. The van der Waals surface area contributed by atoms with Crippen molar-refractivity contribution in [2.24, 2.45) is 12.5 Å². The molecule has 33 heavy (non-hydrogen) atoms. The first-order valence-electron chi connectivity index (χ1n) is 11.3. The summed E-state index contributed by atoms with van der Waals surface area (Å²) in [4.78, 5) is 7.47. The van der Waals surface area contributed by atoms with E-state index in [2.05, 4.69) is 35.0 Å². The van der Waals surface area contributed by atoms with E-state index in [9.17, 15) is 4.39 Å². The fraction of sp³-hybridized carbons (Fsp3) is 0.400. The van der Waals surface area contributed by atoms with Crippen molar-refractivity contribution >= 4 is 23.7 Å². The van der Waals surface area contributed by atoms with Gasteiger partial charge in [0.15, 0.2) is 5.82 Å². The summed E-state index contributed by atoms with van der Waals surface area (Å²) in [6.07, 6.45) is 7.97. The maximum Gasteiger partial charge on any atom is 0.155 e. The minimum Gasteiger partial charge on any atom is -0.355 e. The third kappa shape index (κ3) is 3.41. The topological polar surface area (TPSA) is 51.3 Å². The lowest BCUT2D eigenvalue weighted by Gasteiger charge is -2.40. The Hall–Kier alpha value is -2.93. The fourth-order valence-corrected chi connectivity index (χ4v) is 5.69. The zero-order valence-corrected chi connectivity index (χ0v) is 20.0. The number of aryl methyl sites for hydroxylation is 2. The SMILES string of the molecule is Cc1nc(N2CCC3(CC2)Cc2ccc(F)cc2C3)c2ccnn2c1-c1cnn(C)c1C.Cl. The molecule has 0 saturated carbocycles. The molecule has 6 rings (SSSR count). The molecule has 1 spiro atoms. The van der Waals surface area contributed by atoms with Gasteiger partial charge in [0, 0.05) is 31.4 Å². The normalized spacial score (nSPS) is 16.9. The van der Waals surface area contributed by atoms with Crippen LogP contribution in [0.3, 0.4) is 0 Å². The van der Waals surface area contributed by atoms with E-state index >= 15 is 0 Å². The van der Waals surface area contributed by atoms with Crippen LogP contribution < -0.4 is 4.90 Å². The monoisotopic (exact) mass is 466 g/mol. The number of hydrogen-bond acceptors (Lipinski definition) is 4. The summed E-state index contributed by atoms with van der Waals surface area (Å²) in [5, 5.41) is 9.06. The van der Waals surface area contributed by atoms with E-state index in [1.807, 2.05) is 34.7 Å². The Labute approximate surface area is 198 Å². The van der Waals surface area contributed by atoms with Crippen molar-refractivity contribution in [3.63, 3.8) is 0 Å². The molecule has 4 aromatic rings. The number of benzene rings is 1. The van der Waals surface area contributed by atoms with Gasteiger partial charge in [0.2, 0.25) is 0 Å². The van der Waals surface area contributed by atoms with Crippen molar-refractivity contribution in [2.45, 2.75) is 39.5 Å². The van der Waals surface area contributed by atoms with Gasteiger partial charge >= 0.3 is 0 Å². The zero-order chi connectivity index (χ0) is 22.0. The van der Waals surface area contributed by atoms with Crippen LogP contribution in [0.4, 0.5) is 10.2 Å². The standard InChI is InChI=1S/C25H27FN6.ClH/c1-16-23(21-15-28-30(3)17(21)2)32-22(6-9-27-32)24(29-16)31-10-7-25(8-11-31)13-18-4-5-20(26)12-19(18)14-25;/h4-6,9,12,15H,7-8,10-11,13-14H2,1-3H3;1H. The van der Waals surface area contributed by atoms with Gasteiger partial charge in [-0.05, 0) is 74.3 Å². The van der Waals surface area contributed by atoms with Gasteiger partial charge in [0.25, 0.3) is 0 Å². The Bertz CT molecular complexity index is 1350. The first-order valence-corrected chi connectivity index (χ1v) is 11.3. The van der Waals surface area contributed by atoms with Gasteiger partial charge in [-0.2, -0.15) is 10.2 Å². The first kappa shape index (κ1) is 21.9. The van der Waals surface area contributed by atoms with Crippen molar-refractivity contribution < 1.29 is 4.39 Å². The predicted octanol–water partition coefficient (Wildman–Crippen LogP) is 4.69. The van der Waals surface area contributed by atoms with Crippen LogP contribution in [0.25, 0.3) is 16.8 Å². The molecule has 1 aliphatic heterocycles. The molecule has 1 fully saturated rings. The predicted molar refractivity (Wildman–Crippen MR) is 130 cm³/mol. The minimum atomic E-state index is -0.120. The molecule has 172 valence electrons. The smallest absolute Gasteiger partial charge is 0.155 e. The highest BCUT2D eigenvalue weighted by molar-refractivity contribution is 5.85. The quantitative estimate of drug-likeness (QED) is 0.430. The molecular formula is C25H28ClFN6. The third-order valence-electron chi connectivity index (χ3n) is 7.61. The van der Waals surface area contributed by atoms with Crippen LogP contribution in [0.5, 0.6) is 0 Å². The van der Waals surface area contributed by atoms with Gasteiger partial charge in [-0.15, -0.1) is 12.4 Å². The van der Waals surface area contributed by atoms with E-state index in [1.165, 1.54) is 11.1 Å². The Morgan fingerprint density at radius 1 is 1.00 bits per heavy atom. The Kier molecular flexibility index (Phi) is 5.20. The highest BCUT2D eigenvalue weighted by atomic mass is 35.5. The van der Waals surface area contributed by atoms with Gasteiger partial charge < -0.3 is 4.90 Å². The third-order valence-corrected chi connectivity index (χ3v) is 7.61. The van der Waals surface area contributed by atoms with Gasteiger partial charge in [-0.1, -0.05) is 6.07 Å². The molecule has 0 bridgehead atoms. The Morgan fingerprint density at radius 3 is 2.48 bits per heavy atom. The van der Waals surface area contributed by atoms with Gasteiger partial charge in [-0.25, -0.2) is 13.9 Å². The summed E-state index contributed by atoms with van der Waals surface area (Å²) in [6, 6.07) is 7.36. The van der Waals surface area contributed by atoms with Crippen LogP contribution in [-0.4, -0.2) is 37.5 Å². The van der Waals surface area contributed by atoms with Crippen LogP contribution in [0, 0.1) is 25.1 Å². The molecule has 0 N–H and O–H groups in total. The lowest BCUT2D eigenvalue weighted by molar-refractivity contribution is 0.232. The summed E-state index contributed by atoms with van der Waals surface area (Å²) in [5.41, 5.74) is 7.91. The van der Waals surface area contributed by atoms with E-state index in [1.54, 1.807) is 12.1 Å². The van der Waals surface area contributed by atoms with E-state index < -0.39 is 0 Å². The molecule has 4 heterocycles. The first-order chi connectivity index (χ1) is 15.4. The van der Waals surface area contributed by atoms with Crippen molar-refractivity contribution in [3.8, 4) is 11.3 Å². The van der Waals surface area contributed by atoms with E-state index in [0.717, 1.165) is 72.8 Å². The second kappa shape index (κ2) is 7.83. The van der Waals surface area contributed by atoms with Crippen molar-refractivity contribution in [3.05, 3.63) is 65.0 Å². The molecule has 0 unspecified atom stereocenters. The second-order valence-electron chi connectivity index (χ2n) is 9.52. The molecule has 3 aromatic heterocycles. The van der Waals surface area contributed by atoms with Crippen molar-refractivity contribution in [1.82, 2.24) is 24.4 Å². The van der Waals surface area contributed by atoms with Crippen LogP contribution in [0.2, 0.25) is 0 Å². The summed E-state index contributed by atoms with van der Waals surface area (Å²) in [6.45, 7) is 6.03. The minimum absolute atomic E-state index is 0. The molecule has 6 nitrogen and oxygen atoms in total.